The van der Waals surface area contributed by atoms with Gasteiger partial charge in [-0.1, -0.05) is 35.9 Å². The lowest BCUT2D eigenvalue weighted by Crippen LogP contribution is -2.19. The number of hydrogen-bond donors (Lipinski definition) is 2. The summed E-state index contributed by atoms with van der Waals surface area (Å²) in [4.78, 5) is 5.78. The monoisotopic (exact) mass is 341 g/mol. The number of aromatic nitrogens is 1. The molecular weight excluding hydrogens is 322 g/mol. The Balaban J connectivity index is 1.88. The number of rotatable bonds is 4. The molecule has 0 aliphatic heterocycles. The summed E-state index contributed by atoms with van der Waals surface area (Å²) in [7, 11) is -3.69. The van der Waals surface area contributed by atoms with Crippen LogP contribution < -0.4 is 4.83 Å². The summed E-state index contributed by atoms with van der Waals surface area (Å²) in [6.07, 6.45) is 1.54. The van der Waals surface area contributed by atoms with Crippen molar-refractivity contribution in [3.63, 3.8) is 0 Å². The molecule has 0 aliphatic rings. The average molecular weight is 341 g/mol. The van der Waals surface area contributed by atoms with Crippen LogP contribution in [-0.4, -0.2) is 19.6 Å². The van der Waals surface area contributed by atoms with E-state index in [9.17, 15) is 8.42 Å². The Labute approximate surface area is 141 Å². The number of H-pyrrole nitrogens is 1. The van der Waals surface area contributed by atoms with Gasteiger partial charge >= 0.3 is 0 Å². The first-order chi connectivity index (χ1) is 11.4. The highest BCUT2D eigenvalue weighted by atomic mass is 32.2. The molecule has 0 amide bonds. The molecule has 6 heteroatoms. The lowest BCUT2D eigenvalue weighted by Gasteiger charge is -2.07. The molecule has 5 nitrogen and oxygen atoms in total. The van der Waals surface area contributed by atoms with Crippen molar-refractivity contribution in [1.82, 2.24) is 9.82 Å². The molecule has 2 N–H and O–H groups in total. The van der Waals surface area contributed by atoms with E-state index in [1.807, 2.05) is 44.2 Å². The van der Waals surface area contributed by atoms with Gasteiger partial charge in [-0.15, -0.1) is 0 Å². The summed E-state index contributed by atoms with van der Waals surface area (Å²) in [5, 5.41) is 4.96. The molecule has 24 heavy (non-hydrogen) atoms. The van der Waals surface area contributed by atoms with E-state index in [-0.39, 0.29) is 4.90 Å². The van der Waals surface area contributed by atoms with Crippen LogP contribution in [0.1, 0.15) is 22.4 Å². The van der Waals surface area contributed by atoms with Gasteiger partial charge in [0, 0.05) is 22.2 Å². The summed E-state index contributed by atoms with van der Waals surface area (Å²) in [5.41, 5.74) is 4.51. The number of hydrazone groups is 1. The summed E-state index contributed by atoms with van der Waals surface area (Å²) in [6.45, 7) is 5.63. The van der Waals surface area contributed by atoms with Crippen LogP contribution in [0.5, 0.6) is 0 Å². The number of fused-ring (bicyclic) bond motifs is 1. The van der Waals surface area contributed by atoms with Gasteiger partial charge < -0.3 is 4.98 Å². The highest BCUT2D eigenvalue weighted by Crippen LogP contribution is 2.20. The molecule has 124 valence electrons. The van der Waals surface area contributed by atoms with E-state index < -0.39 is 10.0 Å². The van der Waals surface area contributed by atoms with Crippen LogP contribution in [0.2, 0.25) is 0 Å². The number of para-hydroxylation sites is 1. The van der Waals surface area contributed by atoms with E-state index in [4.69, 9.17) is 0 Å². The van der Waals surface area contributed by atoms with Crippen molar-refractivity contribution in [3.8, 4) is 0 Å². The Morgan fingerprint density at radius 1 is 1.08 bits per heavy atom. The van der Waals surface area contributed by atoms with Crippen LogP contribution in [0.25, 0.3) is 10.9 Å². The van der Waals surface area contributed by atoms with Crippen molar-refractivity contribution in [1.29, 1.82) is 0 Å². The zero-order valence-electron chi connectivity index (χ0n) is 13.8. The number of aromatic amines is 1. The first kappa shape index (κ1) is 16.3. The number of hydrogen-bond acceptors (Lipinski definition) is 3. The van der Waals surface area contributed by atoms with Crippen LogP contribution in [-0.2, 0) is 10.0 Å². The largest absolute Gasteiger partial charge is 0.358 e. The van der Waals surface area contributed by atoms with E-state index in [2.05, 4.69) is 14.9 Å². The fourth-order valence-electron chi connectivity index (χ4n) is 2.77. The fraction of sp³-hybridized carbons (Fsp3) is 0.167. The number of nitrogens with one attached hydrogen (secondary N) is 2. The van der Waals surface area contributed by atoms with Crippen LogP contribution >= 0.6 is 0 Å². The van der Waals surface area contributed by atoms with Gasteiger partial charge in [0.15, 0.2) is 0 Å². The summed E-state index contributed by atoms with van der Waals surface area (Å²) < 4.78 is 24.8. The number of benzene rings is 2. The Morgan fingerprint density at radius 3 is 2.58 bits per heavy atom. The molecule has 0 spiro atoms. The highest BCUT2D eigenvalue weighted by molar-refractivity contribution is 7.89. The molecule has 3 aromatic rings. The second-order valence-electron chi connectivity index (χ2n) is 5.83. The topological polar surface area (TPSA) is 74.3 Å². The standard InChI is InChI=1S/C18H19N3O2S/c1-12-8-9-18(13(2)10-12)24(22,23)21-19-11-16-14(3)20-17-7-5-4-6-15(16)17/h4-11,20-21H,1-3H3/b19-11+. The predicted molar refractivity (Wildman–Crippen MR) is 96.9 cm³/mol. The zero-order valence-corrected chi connectivity index (χ0v) is 14.6. The van der Waals surface area contributed by atoms with Gasteiger partial charge in [-0.2, -0.15) is 13.5 Å². The molecule has 0 saturated carbocycles. The Kier molecular flexibility index (Phi) is 4.15. The van der Waals surface area contributed by atoms with Crippen LogP contribution in [0, 0.1) is 20.8 Å². The van der Waals surface area contributed by atoms with Gasteiger partial charge in [-0.25, -0.2) is 4.83 Å². The average Bonchev–Trinajstić information content (AvgIpc) is 2.83. The first-order valence-electron chi connectivity index (χ1n) is 7.58. The molecule has 0 fully saturated rings. The first-order valence-corrected chi connectivity index (χ1v) is 9.06. The quantitative estimate of drug-likeness (QED) is 0.564. The molecule has 0 saturated heterocycles. The second kappa shape index (κ2) is 6.13. The van der Waals surface area contributed by atoms with Gasteiger partial charge in [0.05, 0.1) is 11.1 Å². The third kappa shape index (κ3) is 3.05. The minimum absolute atomic E-state index is 0.237. The molecule has 0 aliphatic carbocycles. The van der Waals surface area contributed by atoms with Crippen LogP contribution in [0.4, 0.5) is 0 Å². The lowest BCUT2D eigenvalue weighted by molar-refractivity contribution is 0.584. The van der Waals surface area contributed by atoms with Gasteiger partial charge in [0.1, 0.15) is 0 Å². The molecule has 0 bridgehead atoms. The molecule has 2 aromatic carbocycles. The van der Waals surface area contributed by atoms with Crippen molar-refractivity contribution in [3.05, 3.63) is 64.8 Å². The summed E-state index contributed by atoms with van der Waals surface area (Å²) >= 11 is 0. The molecule has 0 radical (unpaired) electrons. The maximum atomic E-state index is 12.4. The minimum atomic E-state index is -3.69. The highest BCUT2D eigenvalue weighted by Gasteiger charge is 2.15. The lowest BCUT2D eigenvalue weighted by atomic mass is 10.1. The third-order valence-electron chi connectivity index (χ3n) is 3.93. The van der Waals surface area contributed by atoms with Gasteiger partial charge in [0.2, 0.25) is 0 Å². The molecule has 0 atom stereocenters. The van der Waals surface area contributed by atoms with Crippen molar-refractivity contribution in [2.45, 2.75) is 25.7 Å². The molecular formula is C18H19N3O2S. The second-order valence-corrected chi connectivity index (χ2v) is 7.46. The Bertz CT molecular complexity index is 1030. The zero-order chi connectivity index (χ0) is 17.3. The van der Waals surface area contributed by atoms with E-state index >= 15 is 0 Å². The van der Waals surface area contributed by atoms with Gasteiger partial charge in [0.25, 0.3) is 10.0 Å². The van der Waals surface area contributed by atoms with E-state index in [0.717, 1.165) is 27.7 Å². The Morgan fingerprint density at radius 2 is 1.83 bits per heavy atom. The Hall–Kier alpha value is -2.60. The van der Waals surface area contributed by atoms with Crippen molar-refractivity contribution in [2.24, 2.45) is 5.10 Å². The number of nitrogens with zero attached hydrogens (tertiary/aromatic N) is 1. The maximum Gasteiger partial charge on any atom is 0.276 e. The van der Waals surface area contributed by atoms with E-state index in [1.54, 1.807) is 19.1 Å². The van der Waals surface area contributed by atoms with E-state index in [0.29, 0.717) is 5.56 Å². The van der Waals surface area contributed by atoms with Crippen LogP contribution in [0.3, 0.4) is 0 Å². The van der Waals surface area contributed by atoms with Gasteiger partial charge in [-0.05, 0) is 38.5 Å². The van der Waals surface area contributed by atoms with E-state index in [1.165, 1.54) is 6.21 Å². The summed E-state index contributed by atoms with van der Waals surface area (Å²) in [5.74, 6) is 0. The van der Waals surface area contributed by atoms with Gasteiger partial charge in [-0.3, -0.25) is 0 Å². The predicted octanol–water partition coefficient (Wildman–Crippen LogP) is 3.41. The summed E-state index contributed by atoms with van der Waals surface area (Å²) in [6, 6.07) is 13.0. The fourth-order valence-corrected chi connectivity index (χ4v) is 3.79. The number of sulfonamides is 1. The van der Waals surface area contributed by atoms with Crippen molar-refractivity contribution < 1.29 is 8.42 Å². The third-order valence-corrected chi connectivity index (χ3v) is 5.31. The van der Waals surface area contributed by atoms with Crippen molar-refractivity contribution >= 4 is 27.1 Å². The normalized spacial score (nSPS) is 12.1. The molecule has 1 aromatic heterocycles. The minimum Gasteiger partial charge on any atom is -0.358 e. The molecule has 1 heterocycles. The number of aryl methyl sites for hydroxylation is 3. The van der Waals surface area contributed by atoms with Crippen LogP contribution in [0.15, 0.2) is 52.5 Å². The molecule has 3 rings (SSSR count). The smallest absolute Gasteiger partial charge is 0.276 e. The SMILES string of the molecule is Cc1ccc(S(=O)(=O)N/N=C/c2c(C)[nH]c3ccccc23)c(C)c1. The van der Waals surface area contributed by atoms with Crippen molar-refractivity contribution in [2.75, 3.05) is 0 Å². The maximum absolute atomic E-state index is 12.4. The molecule has 0 unspecified atom stereocenters.